The van der Waals surface area contributed by atoms with Crippen molar-refractivity contribution in [3.8, 4) is 0 Å². The van der Waals surface area contributed by atoms with Gasteiger partial charge in [0.25, 0.3) is 5.91 Å². The van der Waals surface area contributed by atoms with Crippen LogP contribution >= 0.6 is 11.3 Å². The van der Waals surface area contributed by atoms with Crippen molar-refractivity contribution in [2.75, 3.05) is 12.8 Å². The molecule has 0 spiro atoms. The lowest BCUT2D eigenvalue weighted by molar-refractivity contribution is 0.0737. The van der Waals surface area contributed by atoms with E-state index in [9.17, 15) is 13.2 Å². The molecule has 6 heteroatoms. The zero-order valence-corrected chi connectivity index (χ0v) is 13.9. The van der Waals surface area contributed by atoms with Gasteiger partial charge in [0.2, 0.25) is 0 Å². The Morgan fingerprint density at radius 1 is 1.27 bits per heavy atom. The second-order valence-electron chi connectivity index (χ2n) is 5.47. The lowest BCUT2D eigenvalue weighted by Gasteiger charge is -2.24. The lowest BCUT2D eigenvalue weighted by Crippen LogP contribution is -2.30. The van der Waals surface area contributed by atoms with Crippen LogP contribution in [0.1, 0.15) is 34.1 Å². The topological polar surface area (TPSA) is 54.5 Å². The molecule has 22 heavy (non-hydrogen) atoms. The number of carbonyl (C=O) groups excluding carboxylic acids is 1. The average molecular weight is 335 g/mol. The number of amides is 1. The first-order chi connectivity index (χ1) is 10.5. The zero-order valence-electron chi connectivity index (χ0n) is 12.2. The number of hydrogen-bond donors (Lipinski definition) is 0. The molecule has 0 N–H and O–H groups in total. The van der Waals surface area contributed by atoms with E-state index in [1.54, 1.807) is 23.5 Å². The van der Waals surface area contributed by atoms with E-state index in [0.29, 0.717) is 12.1 Å². The monoisotopic (exact) mass is 335 g/mol. The van der Waals surface area contributed by atoms with Crippen LogP contribution in [0.2, 0.25) is 0 Å². The fourth-order valence-corrected chi connectivity index (χ4v) is 4.35. The number of thiophene rings is 1. The fraction of sp³-hybridized carbons (Fsp3) is 0.312. The molecule has 1 aliphatic rings. The molecule has 0 bridgehead atoms. The number of nitrogens with zero attached hydrogens (tertiary/aromatic N) is 1. The fourth-order valence-electron chi connectivity index (χ4n) is 2.81. The maximum atomic E-state index is 12.8. The first-order valence-electron chi connectivity index (χ1n) is 7.11. The summed E-state index contributed by atoms with van der Waals surface area (Å²) in [6, 6.07) is 10.4. The molecule has 2 aromatic rings. The molecule has 2 heterocycles. The van der Waals surface area contributed by atoms with Gasteiger partial charge in [0.1, 0.15) is 0 Å². The van der Waals surface area contributed by atoms with Gasteiger partial charge in [-0.05, 0) is 42.5 Å². The second-order valence-corrected chi connectivity index (χ2v) is 8.47. The van der Waals surface area contributed by atoms with Crippen LogP contribution in [0, 0.1) is 0 Å². The number of sulfone groups is 1. The maximum Gasteiger partial charge on any atom is 0.254 e. The third kappa shape index (κ3) is 2.94. The highest BCUT2D eigenvalue weighted by atomic mass is 32.2. The first kappa shape index (κ1) is 15.2. The van der Waals surface area contributed by atoms with E-state index in [0.717, 1.165) is 19.1 Å². The van der Waals surface area contributed by atoms with Gasteiger partial charge in [-0.25, -0.2) is 8.42 Å². The van der Waals surface area contributed by atoms with E-state index >= 15 is 0 Å². The van der Waals surface area contributed by atoms with Crippen LogP contribution in [-0.4, -0.2) is 32.0 Å². The van der Waals surface area contributed by atoms with Crippen molar-refractivity contribution in [1.29, 1.82) is 0 Å². The van der Waals surface area contributed by atoms with Gasteiger partial charge in [0.15, 0.2) is 9.84 Å². The molecule has 1 fully saturated rings. The third-order valence-electron chi connectivity index (χ3n) is 3.89. The Hall–Kier alpha value is -1.66. The highest BCUT2D eigenvalue weighted by molar-refractivity contribution is 7.90. The van der Waals surface area contributed by atoms with Gasteiger partial charge in [0.05, 0.1) is 10.9 Å². The summed E-state index contributed by atoms with van der Waals surface area (Å²) in [5, 5.41) is 2.01. The summed E-state index contributed by atoms with van der Waals surface area (Å²) >= 11 is 1.65. The van der Waals surface area contributed by atoms with Crippen LogP contribution in [-0.2, 0) is 9.84 Å². The van der Waals surface area contributed by atoms with Crippen molar-refractivity contribution < 1.29 is 13.2 Å². The van der Waals surface area contributed by atoms with Gasteiger partial charge in [-0.1, -0.05) is 12.1 Å². The first-order valence-corrected chi connectivity index (χ1v) is 9.88. The molecule has 0 aliphatic carbocycles. The van der Waals surface area contributed by atoms with Crippen molar-refractivity contribution in [3.05, 3.63) is 52.2 Å². The van der Waals surface area contributed by atoms with Crippen LogP contribution in [0.5, 0.6) is 0 Å². The van der Waals surface area contributed by atoms with Gasteiger partial charge in [0, 0.05) is 23.2 Å². The van der Waals surface area contributed by atoms with Crippen LogP contribution in [0.4, 0.5) is 0 Å². The number of hydrogen-bond acceptors (Lipinski definition) is 4. The van der Waals surface area contributed by atoms with Gasteiger partial charge in [-0.15, -0.1) is 11.3 Å². The Labute approximate surface area is 134 Å². The van der Waals surface area contributed by atoms with Crippen LogP contribution < -0.4 is 0 Å². The van der Waals surface area contributed by atoms with Crippen LogP contribution in [0.3, 0.4) is 0 Å². The molecule has 0 unspecified atom stereocenters. The van der Waals surface area contributed by atoms with E-state index in [2.05, 4.69) is 0 Å². The molecular formula is C16H17NO3S2. The van der Waals surface area contributed by atoms with Crippen molar-refractivity contribution in [3.63, 3.8) is 0 Å². The summed E-state index contributed by atoms with van der Waals surface area (Å²) in [5.41, 5.74) is 0.436. The van der Waals surface area contributed by atoms with E-state index in [4.69, 9.17) is 0 Å². The Morgan fingerprint density at radius 2 is 2.09 bits per heavy atom. The van der Waals surface area contributed by atoms with Crippen molar-refractivity contribution in [2.45, 2.75) is 23.8 Å². The molecule has 1 aliphatic heterocycles. The molecule has 3 rings (SSSR count). The smallest absolute Gasteiger partial charge is 0.254 e. The zero-order chi connectivity index (χ0) is 15.7. The largest absolute Gasteiger partial charge is 0.331 e. The molecule has 1 atom stereocenters. The second kappa shape index (κ2) is 5.85. The summed E-state index contributed by atoms with van der Waals surface area (Å²) in [4.78, 5) is 16.0. The lowest BCUT2D eigenvalue weighted by atomic mass is 10.1. The molecule has 1 saturated heterocycles. The Bertz CT molecular complexity index is 781. The standard InChI is InChI=1S/C16H17NO3S2/c1-22(19,20)13-6-2-5-12(11-13)16(18)17-9-3-7-14(17)15-8-4-10-21-15/h2,4-6,8,10-11,14H,3,7,9H2,1H3/t14-/m1/s1. The van der Waals surface area contributed by atoms with Crippen molar-refractivity contribution >= 4 is 27.1 Å². The molecule has 1 aromatic carbocycles. The molecule has 4 nitrogen and oxygen atoms in total. The van der Waals surface area contributed by atoms with Gasteiger partial charge >= 0.3 is 0 Å². The minimum Gasteiger partial charge on any atom is -0.331 e. The molecule has 1 aromatic heterocycles. The number of benzene rings is 1. The summed E-state index contributed by atoms with van der Waals surface area (Å²) in [7, 11) is -3.31. The minimum atomic E-state index is -3.31. The van der Waals surface area contributed by atoms with Gasteiger partial charge in [-0.3, -0.25) is 4.79 Å². The summed E-state index contributed by atoms with van der Waals surface area (Å²) in [5.74, 6) is -0.0959. The third-order valence-corrected chi connectivity index (χ3v) is 5.98. The van der Waals surface area contributed by atoms with E-state index in [1.807, 2.05) is 22.4 Å². The summed E-state index contributed by atoms with van der Waals surface area (Å²) < 4.78 is 23.3. The van der Waals surface area contributed by atoms with E-state index in [1.165, 1.54) is 17.0 Å². The molecular weight excluding hydrogens is 318 g/mol. The normalized spacial score (nSPS) is 18.6. The molecule has 0 saturated carbocycles. The SMILES string of the molecule is CS(=O)(=O)c1cccc(C(=O)N2CCC[C@@H]2c2cccs2)c1. The van der Waals surface area contributed by atoms with Gasteiger partial charge in [-0.2, -0.15) is 0 Å². The van der Waals surface area contributed by atoms with Crippen LogP contribution in [0.15, 0.2) is 46.7 Å². The number of rotatable bonds is 3. The van der Waals surface area contributed by atoms with Gasteiger partial charge < -0.3 is 4.90 Å². The van der Waals surface area contributed by atoms with E-state index in [-0.39, 0.29) is 16.8 Å². The maximum absolute atomic E-state index is 12.8. The Balaban J connectivity index is 1.91. The molecule has 1 amide bonds. The average Bonchev–Trinajstić information content (AvgIpc) is 3.16. The quantitative estimate of drug-likeness (QED) is 0.866. The summed E-state index contributed by atoms with van der Waals surface area (Å²) in [6.07, 6.45) is 3.08. The minimum absolute atomic E-state index is 0.0959. The van der Waals surface area contributed by atoms with Crippen molar-refractivity contribution in [1.82, 2.24) is 4.90 Å². The Kier molecular flexibility index (Phi) is 4.06. The highest BCUT2D eigenvalue weighted by Gasteiger charge is 2.31. The predicted molar refractivity (Wildman–Crippen MR) is 86.9 cm³/mol. The molecule has 0 radical (unpaired) electrons. The van der Waals surface area contributed by atoms with E-state index < -0.39 is 9.84 Å². The predicted octanol–water partition coefficient (Wildman–Crippen LogP) is 3.13. The molecule has 116 valence electrons. The van der Waals surface area contributed by atoms with Crippen molar-refractivity contribution in [2.24, 2.45) is 0 Å². The van der Waals surface area contributed by atoms with Crippen LogP contribution in [0.25, 0.3) is 0 Å². The Morgan fingerprint density at radius 3 is 2.77 bits per heavy atom. The number of likely N-dealkylation sites (tertiary alicyclic amines) is 1. The number of carbonyl (C=O) groups is 1. The summed E-state index contributed by atoms with van der Waals surface area (Å²) in [6.45, 7) is 0.713. The highest BCUT2D eigenvalue weighted by Crippen LogP contribution is 2.35.